The van der Waals surface area contributed by atoms with Gasteiger partial charge in [0.1, 0.15) is 0 Å². The Morgan fingerprint density at radius 2 is 1.73 bits per heavy atom. The molecule has 0 spiro atoms. The lowest BCUT2D eigenvalue weighted by molar-refractivity contribution is 0.647. The Morgan fingerprint density at radius 3 is 2.53 bits per heavy atom. The third-order valence-electron chi connectivity index (χ3n) is 3.21. The van der Waals surface area contributed by atoms with Crippen molar-refractivity contribution in [2.45, 2.75) is 59.3 Å². The Kier molecular flexibility index (Phi) is 5.45. The van der Waals surface area contributed by atoms with E-state index in [0.717, 1.165) is 6.42 Å². The molecule has 0 aromatic rings. The quantitative estimate of drug-likeness (QED) is 0.520. The van der Waals surface area contributed by atoms with Gasteiger partial charge in [0, 0.05) is 0 Å². The van der Waals surface area contributed by atoms with Crippen molar-refractivity contribution in [3.05, 3.63) is 34.9 Å². The maximum atomic E-state index is 3.51. The molecule has 83 valence electrons. The van der Waals surface area contributed by atoms with E-state index in [1.54, 1.807) is 0 Å². The van der Waals surface area contributed by atoms with Gasteiger partial charge in [-0.05, 0) is 69.2 Å². The topological polar surface area (TPSA) is 0 Å². The number of hydrogen-bond acceptors (Lipinski definition) is 0. The Balaban J connectivity index is 2.78. The molecule has 0 aliphatic heterocycles. The number of hydrogen-bond donors (Lipinski definition) is 0. The van der Waals surface area contributed by atoms with Crippen LogP contribution in [0.2, 0.25) is 0 Å². The first kappa shape index (κ1) is 12.3. The highest BCUT2D eigenvalue weighted by molar-refractivity contribution is 5.35. The normalized spacial score (nSPS) is 31.0. The first-order valence-electron chi connectivity index (χ1n) is 6.13. The van der Waals surface area contributed by atoms with Gasteiger partial charge >= 0.3 is 0 Å². The minimum atomic E-state index is 1.13. The zero-order valence-electron chi connectivity index (χ0n) is 10.4. The van der Waals surface area contributed by atoms with Crippen LogP contribution in [-0.2, 0) is 0 Å². The average Bonchev–Trinajstić information content (AvgIpc) is 2.23. The van der Waals surface area contributed by atoms with Crippen molar-refractivity contribution in [1.82, 2.24) is 0 Å². The molecule has 1 rings (SSSR count). The lowest BCUT2D eigenvalue weighted by atomic mass is 10.00. The Hall–Kier alpha value is -0.780. The van der Waals surface area contributed by atoms with E-state index in [4.69, 9.17) is 0 Å². The zero-order valence-corrected chi connectivity index (χ0v) is 10.4. The Bertz CT molecular complexity index is 276. The van der Waals surface area contributed by atoms with Gasteiger partial charge in [0.15, 0.2) is 0 Å². The summed E-state index contributed by atoms with van der Waals surface area (Å²) in [6.07, 6.45) is 15.8. The van der Waals surface area contributed by atoms with Crippen LogP contribution in [-0.4, -0.2) is 0 Å². The molecule has 0 saturated heterocycles. The minimum Gasteiger partial charge on any atom is -0.0843 e. The fourth-order valence-corrected chi connectivity index (χ4v) is 1.83. The lowest BCUT2D eigenvalue weighted by Crippen LogP contribution is -1.87. The SMILES string of the molecule is CC1=C(C)/C(C)=[C]/CCCCCC\C=C\1. The van der Waals surface area contributed by atoms with Crippen LogP contribution in [0.4, 0.5) is 0 Å². The average molecular weight is 203 g/mol. The van der Waals surface area contributed by atoms with Crippen LogP contribution in [0.5, 0.6) is 0 Å². The predicted octanol–water partition coefficient (Wildman–Crippen LogP) is 4.98. The molecule has 1 radical (unpaired) electrons. The number of rotatable bonds is 0. The first-order chi connectivity index (χ1) is 7.22. The molecular formula is C15H23. The molecule has 0 bridgehead atoms. The summed E-state index contributed by atoms with van der Waals surface area (Å²) in [7, 11) is 0. The molecule has 1 aliphatic carbocycles. The van der Waals surface area contributed by atoms with Gasteiger partial charge in [-0.1, -0.05) is 25.0 Å². The molecule has 0 N–H and O–H groups in total. The largest absolute Gasteiger partial charge is 0.0843 e. The molecule has 0 heterocycles. The van der Waals surface area contributed by atoms with E-state index in [0.29, 0.717) is 0 Å². The van der Waals surface area contributed by atoms with Crippen LogP contribution in [0.1, 0.15) is 59.3 Å². The Morgan fingerprint density at radius 1 is 1.00 bits per heavy atom. The monoisotopic (exact) mass is 203 g/mol. The second-order valence-corrected chi connectivity index (χ2v) is 4.47. The summed E-state index contributed by atoms with van der Waals surface area (Å²) in [4.78, 5) is 0. The molecule has 0 nitrogen and oxygen atoms in total. The molecule has 0 saturated carbocycles. The summed E-state index contributed by atoms with van der Waals surface area (Å²) >= 11 is 0. The lowest BCUT2D eigenvalue weighted by Gasteiger charge is -2.06. The van der Waals surface area contributed by atoms with E-state index in [1.165, 1.54) is 48.8 Å². The molecule has 0 aromatic heterocycles. The van der Waals surface area contributed by atoms with Crippen LogP contribution in [0.3, 0.4) is 0 Å². The van der Waals surface area contributed by atoms with E-state index in [1.807, 2.05) is 0 Å². The molecule has 0 heteroatoms. The van der Waals surface area contributed by atoms with Crippen molar-refractivity contribution >= 4 is 0 Å². The van der Waals surface area contributed by atoms with Crippen LogP contribution < -0.4 is 0 Å². The van der Waals surface area contributed by atoms with Crippen molar-refractivity contribution < 1.29 is 0 Å². The third-order valence-corrected chi connectivity index (χ3v) is 3.21. The summed E-state index contributed by atoms with van der Waals surface area (Å²) < 4.78 is 0. The maximum Gasteiger partial charge on any atom is -0.0273 e. The van der Waals surface area contributed by atoms with E-state index in [2.05, 4.69) is 39.0 Å². The molecular weight excluding hydrogens is 180 g/mol. The highest BCUT2D eigenvalue weighted by atomic mass is 14.0. The van der Waals surface area contributed by atoms with E-state index in [-0.39, 0.29) is 0 Å². The maximum absolute atomic E-state index is 3.51. The molecule has 0 fully saturated rings. The third kappa shape index (κ3) is 4.51. The van der Waals surface area contributed by atoms with Crippen molar-refractivity contribution in [1.29, 1.82) is 0 Å². The summed E-state index contributed by atoms with van der Waals surface area (Å²) in [6.45, 7) is 6.58. The molecule has 0 aromatic carbocycles. The zero-order chi connectivity index (χ0) is 11.1. The van der Waals surface area contributed by atoms with Crippen LogP contribution in [0.15, 0.2) is 28.9 Å². The van der Waals surface area contributed by atoms with Crippen LogP contribution >= 0.6 is 0 Å². The molecule has 0 atom stereocenters. The minimum absolute atomic E-state index is 1.13. The Labute approximate surface area is 94.8 Å². The first-order valence-corrected chi connectivity index (χ1v) is 6.13. The van der Waals surface area contributed by atoms with Gasteiger partial charge in [0.2, 0.25) is 0 Å². The molecule has 15 heavy (non-hydrogen) atoms. The fraction of sp³-hybridized carbons (Fsp3) is 0.600. The summed E-state index contributed by atoms with van der Waals surface area (Å²) in [5.74, 6) is 0. The van der Waals surface area contributed by atoms with Crippen molar-refractivity contribution in [3.63, 3.8) is 0 Å². The predicted molar refractivity (Wildman–Crippen MR) is 67.6 cm³/mol. The van der Waals surface area contributed by atoms with Crippen molar-refractivity contribution in [2.24, 2.45) is 0 Å². The number of allylic oxidation sites excluding steroid dienone is 6. The fourth-order valence-electron chi connectivity index (χ4n) is 1.83. The standard InChI is InChI=1S/C15H23/c1-13-11-9-7-5-4-6-8-10-12-14(2)15(13)3/h9,11H,4-8,10H2,1-3H3/b11-9+,14-12?,15-13-. The summed E-state index contributed by atoms with van der Waals surface area (Å²) in [5, 5.41) is 0. The van der Waals surface area contributed by atoms with Crippen molar-refractivity contribution in [3.8, 4) is 0 Å². The molecule has 0 unspecified atom stereocenters. The van der Waals surface area contributed by atoms with Gasteiger partial charge in [-0.25, -0.2) is 0 Å². The summed E-state index contributed by atoms with van der Waals surface area (Å²) in [5.41, 5.74) is 4.12. The van der Waals surface area contributed by atoms with E-state index >= 15 is 0 Å². The van der Waals surface area contributed by atoms with E-state index in [9.17, 15) is 0 Å². The van der Waals surface area contributed by atoms with Gasteiger partial charge in [-0.3, -0.25) is 0 Å². The highest BCUT2D eigenvalue weighted by Gasteiger charge is 1.98. The molecule has 0 amide bonds. The van der Waals surface area contributed by atoms with Gasteiger partial charge in [-0.15, -0.1) is 0 Å². The van der Waals surface area contributed by atoms with Gasteiger partial charge in [0.25, 0.3) is 0 Å². The second kappa shape index (κ2) is 6.66. The van der Waals surface area contributed by atoms with Crippen molar-refractivity contribution in [2.75, 3.05) is 0 Å². The van der Waals surface area contributed by atoms with Gasteiger partial charge < -0.3 is 0 Å². The van der Waals surface area contributed by atoms with Crippen LogP contribution in [0.25, 0.3) is 0 Å². The highest BCUT2D eigenvalue weighted by Crippen LogP contribution is 2.17. The van der Waals surface area contributed by atoms with Gasteiger partial charge in [-0.2, -0.15) is 0 Å². The second-order valence-electron chi connectivity index (χ2n) is 4.47. The van der Waals surface area contributed by atoms with E-state index < -0.39 is 0 Å². The summed E-state index contributed by atoms with van der Waals surface area (Å²) in [6, 6.07) is 0. The smallest absolute Gasteiger partial charge is 0.0273 e. The van der Waals surface area contributed by atoms with Crippen LogP contribution in [0, 0.1) is 6.08 Å². The molecule has 1 aliphatic rings. The van der Waals surface area contributed by atoms with Gasteiger partial charge in [0.05, 0.1) is 0 Å².